The van der Waals surface area contributed by atoms with Gasteiger partial charge in [-0.3, -0.25) is 0 Å². The van der Waals surface area contributed by atoms with Crippen molar-refractivity contribution in [3.05, 3.63) is 29.6 Å². The zero-order chi connectivity index (χ0) is 14.5. The minimum absolute atomic E-state index is 0.0947. The van der Waals surface area contributed by atoms with Crippen molar-refractivity contribution < 1.29 is 17.9 Å². The highest BCUT2D eigenvalue weighted by Gasteiger charge is 2.16. The van der Waals surface area contributed by atoms with Gasteiger partial charge in [0.2, 0.25) is 0 Å². The minimum Gasteiger partial charge on any atom is -0.395 e. The maximum atomic E-state index is 13.7. The Hall–Kier alpha value is -1.46. The third-order valence-corrected chi connectivity index (χ3v) is 3.49. The summed E-state index contributed by atoms with van der Waals surface area (Å²) in [5.74, 6) is 4.38. The number of halogens is 1. The van der Waals surface area contributed by atoms with Crippen LogP contribution in [0.1, 0.15) is 12.0 Å². The summed E-state index contributed by atoms with van der Waals surface area (Å²) >= 11 is 0. The third kappa shape index (κ3) is 4.61. The van der Waals surface area contributed by atoms with E-state index in [9.17, 15) is 12.8 Å². The molecule has 1 aromatic carbocycles. The quantitative estimate of drug-likeness (QED) is 0.617. The number of hydrazine groups is 1. The fourth-order valence-electron chi connectivity index (χ4n) is 1.27. The summed E-state index contributed by atoms with van der Waals surface area (Å²) in [6.07, 6.45) is 0.238. The van der Waals surface area contributed by atoms with Crippen LogP contribution in [0.25, 0.3) is 0 Å². The van der Waals surface area contributed by atoms with Gasteiger partial charge in [-0.1, -0.05) is 11.8 Å². The molecule has 104 valence electrons. The summed E-state index contributed by atoms with van der Waals surface area (Å²) in [6, 6.07) is 3.48. The highest BCUT2D eigenvalue weighted by atomic mass is 32.2. The van der Waals surface area contributed by atoms with E-state index in [1.54, 1.807) is 0 Å². The van der Waals surface area contributed by atoms with Crippen molar-refractivity contribution in [1.29, 1.82) is 0 Å². The molecule has 0 spiro atoms. The molecule has 0 heterocycles. The van der Waals surface area contributed by atoms with Gasteiger partial charge in [0.25, 0.3) is 10.0 Å². The van der Waals surface area contributed by atoms with Gasteiger partial charge in [-0.15, -0.1) is 4.83 Å². The van der Waals surface area contributed by atoms with Crippen molar-refractivity contribution in [2.45, 2.75) is 11.3 Å². The molecule has 2 N–H and O–H groups in total. The summed E-state index contributed by atoms with van der Waals surface area (Å²) in [4.78, 5) is 2.03. The van der Waals surface area contributed by atoms with Crippen LogP contribution in [-0.4, -0.2) is 39.2 Å². The first-order chi connectivity index (χ1) is 8.86. The molecule has 0 saturated heterocycles. The van der Waals surface area contributed by atoms with E-state index >= 15 is 0 Å². The molecule has 1 aromatic rings. The van der Waals surface area contributed by atoms with Gasteiger partial charge in [0, 0.05) is 20.5 Å². The molecule has 19 heavy (non-hydrogen) atoms. The Bertz CT molecular complexity index is 603. The number of hydrogen-bond acceptors (Lipinski definition) is 4. The Labute approximate surface area is 112 Å². The van der Waals surface area contributed by atoms with Crippen molar-refractivity contribution in [3.63, 3.8) is 0 Å². The molecule has 7 heteroatoms. The molecule has 0 aromatic heterocycles. The molecule has 0 unspecified atom stereocenters. The average molecular weight is 286 g/mol. The number of aliphatic hydroxyl groups is 1. The molecule has 0 amide bonds. The summed E-state index contributed by atoms with van der Waals surface area (Å²) < 4.78 is 37.2. The first kappa shape index (κ1) is 15.6. The average Bonchev–Trinajstić information content (AvgIpc) is 2.29. The van der Waals surface area contributed by atoms with Gasteiger partial charge in [0.1, 0.15) is 5.82 Å². The van der Waals surface area contributed by atoms with Gasteiger partial charge in [-0.25, -0.2) is 17.8 Å². The predicted molar refractivity (Wildman–Crippen MR) is 69.0 cm³/mol. The molecular weight excluding hydrogens is 271 g/mol. The lowest BCUT2D eigenvalue weighted by molar-refractivity contribution is 0.305. The monoisotopic (exact) mass is 286 g/mol. The zero-order valence-electron chi connectivity index (χ0n) is 10.6. The van der Waals surface area contributed by atoms with Crippen LogP contribution in [0, 0.1) is 17.7 Å². The Balaban J connectivity index is 3.04. The van der Waals surface area contributed by atoms with Crippen LogP contribution in [0.4, 0.5) is 4.39 Å². The van der Waals surface area contributed by atoms with Crippen molar-refractivity contribution >= 4 is 10.0 Å². The lowest BCUT2D eigenvalue weighted by Gasteiger charge is -2.12. The molecule has 1 rings (SSSR count). The number of sulfonamides is 1. The zero-order valence-corrected chi connectivity index (χ0v) is 11.5. The van der Waals surface area contributed by atoms with Gasteiger partial charge in [0.15, 0.2) is 0 Å². The fourth-order valence-corrected chi connectivity index (χ4v) is 2.36. The first-order valence-electron chi connectivity index (χ1n) is 5.46. The van der Waals surface area contributed by atoms with Gasteiger partial charge in [-0.2, -0.15) is 0 Å². The molecule has 0 fully saturated rings. The van der Waals surface area contributed by atoms with Crippen LogP contribution in [0.5, 0.6) is 0 Å². The number of hydrogen-bond donors (Lipinski definition) is 2. The van der Waals surface area contributed by atoms with E-state index in [0.29, 0.717) is 0 Å². The van der Waals surface area contributed by atoms with E-state index in [-0.39, 0.29) is 23.5 Å². The van der Waals surface area contributed by atoms with Crippen molar-refractivity contribution in [2.75, 3.05) is 20.7 Å². The molecule has 0 aliphatic rings. The second-order valence-electron chi connectivity index (χ2n) is 3.91. The lowest BCUT2D eigenvalue weighted by Crippen LogP contribution is -2.36. The number of aliphatic hydroxyl groups excluding tert-OH is 1. The van der Waals surface area contributed by atoms with Gasteiger partial charge < -0.3 is 5.11 Å². The van der Waals surface area contributed by atoms with E-state index in [0.717, 1.165) is 6.07 Å². The molecule has 5 nitrogen and oxygen atoms in total. The third-order valence-electron chi connectivity index (χ3n) is 2.01. The molecule has 0 aliphatic heterocycles. The Morgan fingerprint density at radius 1 is 1.42 bits per heavy atom. The fraction of sp³-hybridized carbons (Fsp3) is 0.333. The lowest BCUT2D eigenvalue weighted by atomic mass is 10.2. The summed E-state index contributed by atoms with van der Waals surface area (Å²) in [5, 5.41) is 9.81. The van der Waals surface area contributed by atoms with Crippen molar-refractivity contribution in [1.82, 2.24) is 9.84 Å². The number of nitrogens with one attached hydrogen (secondary N) is 1. The number of benzene rings is 1. The normalized spacial score (nSPS) is 11.2. The molecule has 0 atom stereocenters. The van der Waals surface area contributed by atoms with E-state index in [4.69, 9.17) is 5.11 Å². The summed E-state index contributed by atoms with van der Waals surface area (Å²) in [7, 11) is -0.743. The molecule has 0 bridgehead atoms. The van der Waals surface area contributed by atoms with Crippen LogP contribution < -0.4 is 4.83 Å². The van der Waals surface area contributed by atoms with Crippen LogP contribution in [0.2, 0.25) is 0 Å². The molecule has 0 saturated carbocycles. The van der Waals surface area contributed by atoms with Crippen LogP contribution in [-0.2, 0) is 10.0 Å². The molecule has 0 aliphatic carbocycles. The second kappa shape index (κ2) is 6.63. The summed E-state index contributed by atoms with van der Waals surface area (Å²) in [5.41, 5.74) is 0.0947. The molecule has 0 radical (unpaired) electrons. The maximum Gasteiger partial charge on any atom is 0.253 e. The van der Waals surface area contributed by atoms with Crippen LogP contribution in [0.3, 0.4) is 0 Å². The smallest absolute Gasteiger partial charge is 0.253 e. The topological polar surface area (TPSA) is 69.6 Å². The van der Waals surface area contributed by atoms with E-state index in [1.165, 1.54) is 31.2 Å². The van der Waals surface area contributed by atoms with Crippen LogP contribution >= 0.6 is 0 Å². The Kier molecular flexibility index (Phi) is 5.44. The standard InChI is InChI=1S/C12H15FN2O3S/c1-15(2)14-19(17,18)11-7-6-10(12(13)9-11)5-3-4-8-16/h6-7,9,14,16H,4,8H2,1-2H3. The second-order valence-corrected chi connectivity index (χ2v) is 5.57. The largest absolute Gasteiger partial charge is 0.395 e. The predicted octanol–water partition coefficient (Wildman–Crippen LogP) is 0.314. The Morgan fingerprint density at radius 3 is 2.63 bits per heavy atom. The van der Waals surface area contributed by atoms with Gasteiger partial charge in [0.05, 0.1) is 17.1 Å². The van der Waals surface area contributed by atoms with Crippen molar-refractivity contribution in [3.8, 4) is 11.8 Å². The van der Waals surface area contributed by atoms with E-state index < -0.39 is 15.8 Å². The van der Waals surface area contributed by atoms with Crippen molar-refractivity contribution in [2.24, 2.45) is 0 Å². The van der Waals surface area contributed by atoms with Gasteiger partial charge >= 0.3 is 0 Å². The molecular formula is C12H15FN2O3S. The minimum atomic E-state index is -3.78. The number of nitrogens with zero attached hydrogens (tertiary/aromatic N) is 1. The first-order valence-corrected chi connectivity index (χ1v) is 6.94. The van der Waals surface area contributed by atoms with E-state index in [1.807, 2.05) is 0 Å². The highest BCUT2D eigenvalue weighted by molar-refractivity contribution is 7.89. The Morgan fingerprint density at radius 2 is 2.11 bits per heavy atom. The highest BCUT2D eigenvalue weighted by Crippen LogP contribution is 2.14. The maximum absolute atomic E-state index is 13.7. The van der Waals surface area contributed by atoms with Gasteiger partial charge in [-0.05, 0) is 18.2 Å². The van der Waals surface area contributed by atoms with E-state index in [2.05, 4.69) is 16.7 Å². The summed E-state index contributed by atoms with van der Waals surface area (Å²) in [6.45, 7) is -0.103. The number of rotatable bonds is 4. The SMILES string of the molecule is CN(C)NS(=O)(=O)c1ccc(C#CCCO)c(F)c1. The van der Waals surface area contributed by atoms with Crippen LogP contribution in [0.15, 0.2) is 23.1 Å².